The number of thiophene rings is 1. The van der Waals surface area contributed by atoms with Crippen molar-refractivity contribution in [3.63, 3.8) is 0 Å². The molecular weight excluding hydrogens is 469 g/mol. The molecule has 0 aliphatic heterocycles. The van der Waals surface area contributed by atoms with Crippen LogP contribution in [0, 0.1) is 29.0 Å². The van der Waals surface area contributed by atoms with Gasteiger partial charge in [-0.15, -0.1) is 11.3 Å². The molecular formula is C26H26FN3O4S. The van der Waals surface area contributed by atoms with Crippen molar-refractivity contribution in [1.82, 2.24) is 9.78 Å². The molecule has 7 nitrogen and oxygen atoms in total. The number of fused-ring (bicyclic) bond motifs is 1. The number of halogens is 1. The first-order valence-electron chi connectivity index (χ1n) is 12.2. The van der Waals surface area contributed by atoms with Crippen LogP contribution in [0.1, 0.15) is 55.9 Å². The number of anilines is 1. The van der Waals surface area contributed by atoms with Gasteiger partial charge in [0.1, 0.15) is 16.5 Å². The van der Waals surface area contributed by atoms with E-state index in [1.165, 1.54) is 48.8 Å². The fourth-order valence-electron chi connectivity index (χ4n) is 6.90. The average Bonchev–Trinajstić information content (AvgIpc) is 3.23. The van der Waals surface area contributed by atoms with Crippen molar-refractivity contribution >= 4 is 39.0 Å². The number of carbonyl (C=O) groups excluding carboxylic acids is 2. The van der Waals surface area contributed by atoms with Crippen LogP contribution >= 0.6 is 11.3 Å². The monoisotopic (exact) mass is 495 g/mol. The molecule has 2 heterocycles. The van der Waals surface area contributed by atoms with Gasteiger partial charge in [0.15, 0.2) is 5.69 Å². The Morgan fingerprint density at radius 3 is 2.46 bits per heavy atom. The molecule has 0 unspecified atom stereocenters. The lowest BCUT2D eigenvalue weighted by Crippen LogP contribution is -2.51. The molecule has 0 radical (unpaired) electrons. The van der Waals surface area contributed by atoms with Crippen LogP contribution in [0.15, 0.2) is 34.4 Å². The molecule has 4 aliphatic rings. The molecule has 7 rings (SSSR count). The largest absolute Gasteiger partial charge is 0.461 e. The van der Waals surface area contributed by atoms with E-state index in [1.807, 2.05) is 0 Å². The van der Waals surface area contributed by atoms with Crippen LogP contribution in [-0.4, -0.2) is 28.3 Å². The molecule has 9 heteroatoms. The highest BCUT2D eigenvalue weighted by Gasteiger charge is 2.54. The Morgan fingerprint density at radius 2 is 1.83 bits per heavy atom. The maximum Gasteiger partial charge on any atom is 0.359 e. The van der Waals surface area contributed by atoms with Crippen molar-refractivity contribution < 1.29 is 18.7 Å². The van der Waals surface area contributed by atoms with Gasteiger partial charge < -0.3 is 10.1 Å². The maximum atomic E-state index is 14.6. The highest BCUT2D eigenvalue weighted by Crippen LogP contribution is 2.60. The van der Waals surface area contributed by atoms with E-state index in [2.05, 4.69) is 10.4 Å². The van der Waals surface area contributed by atoms with E-state index < -0.39 is 22.8 Å². The van der Waals surface area contributed by atoms with Crippen molar-refractivity contribution in [2.45, 2.75) is 45.4 Å². The summed E-state index contributed by atoms with van der Waals surface area (Å²) >= 11 is 1.18. The van der Waals surface area contributed by atoms with Crippen LogP contribution in [0.4, 0.5) is 9.39 Å². The topological polar surface area (TPSA) is 90.3 Å². The van der Waals surface area contributed by atoms with Gasteiger partial charge in [-0.3, -0.25) is 9.59 Å². The smallest absolute Gasteiger partial charge is 0.359 e. The lowest BCUT2D eigenvalue weighted by Gasteiger charge is -2.55. The van der Waals surface area contributed by atoms with Gasteiger partial charge in [0.05, 0.1) is 17.4 Å². The molecule has 4 fully saturated rings. The molecule has 4 saturated carbocycles. The van der Waals surface area contributed by atoms with Crippen LogP contribution in [0.5, 0.6) is 0 Å². The first-order valence-corrected chi connectivity index (χ1v) is 13.0. The molecule has 4 bridgehead atoms. The average molecular weight is 496 g/mol. The van der Waals surface area contributed by atoms with Gasteiger partial charge in [-0.25, -0.2) is 9.18 Å². The van der Waals surface area contributed by atoms with E-state index in [1.54, 1.807) is 18.4 Å². The second-order valence-electron chi connectivity index (χ2n) is 10.2. The number of ether oxygens (including phenoxy) is 1. The Morgan fingerprint density at radius 1 is 1.17 bits per heavy atom. The van der Waals surface area contributed by atoms with E-state index in [0.29, 0.717) is 28.1 Å². The highest BCUT2D eigenvalue weighted by atomic mass is 32.1. The van der Waals surface area contributed by atoms with Crippen LogP contribution in [-0.2, 0) is 9.53 Å². The second kappa shape index (κ2) is 8.26. The Hall–Kier alpha value is -3.07. The van der Waals surface area contributed by atoms with Crippen molar-refractivity contribution in [2.24, 2.45) is 23.2 Å². The number of amides is 1. The van der Waals surface area contributed by atoms with Gasteiger partial charge in [-0.1, -0.05) is 12.1 Å². The van der Waals surface area contributed by atoms with E-state index in [-0.39, 0.29) is 29.3 Å². The molecule has 0 spiro atoms. The maximum absolute atomic E-state index is 14.6. The first kappa shape index (κ1) is 22.4. The van der Waals surface area contributed by atoms with Gasteiger partial charge in [0.25, 0.3) is 5.56 Å². The summed E-state index contributed by atoms with van der Waals surface area (Å²) in [6, 6.07) is 5.74. The Bertz CT molecular complexity index is 1380. The summed E-state index contributed by atoms with van der Waals surface area (Å²) in [6.45, 7) is 1.80. The molecule has 182 valence electrons. The second-order valence-corrected chi connectivity index (χ2v) is 11.1. The van der Waals surface area contributed by atoms with Gasteiger partial charge in [0.2, 0.25) is 5.91 Å². The number of nitrogens with zero attached hydrogens (tertiary/aromatic N) is 2. The van der Waals surface area contributed by atoms with Crippen molar-refractivity contribution in [3.05, 3.63) is 51.5 Å². The molecule has 0 saturated heterocycles. The predicted octanol–water partition coefficient (Wildman–Crippen LogP) is 4.92. The zero-order valence-corrected chi connectivity index (χ0v) is 20.2. The number of carbonyl (C=O) groups is 2. The number of hydrogen-bond donors (Lipinski definition) is 1. The van der Waals surface area contributed by atoms with Crippen molar-refractivity contribution in [1.29, 1.82) is 0 Å². The summed E-state index contributed by atoms with van der Waals surface area (Å²) in [5.41, 5.74) is -1.15. The minimum atomic E-state index is -0.709. The molecule has 3 aromatic rings. The summed E-state index contributed by atoms with van der Waals surface area (Å²) < 4.78 is 20.7. The molecule has 35 heavy (non-hydrogen) atoms. The minimum Gasteiger partial charge on any atom is -0.461 e. The third-order valence-corrected chi connectivity index (χ3v) is 8.84. The number of nitrogens with one attached hydrogen (secondary N) is 1. The number of benzene rings is 1. The molecule has 1 aromatic carbocycles. The number of esters is 1. The summed E-state index contributed by atoms with van der Waals surface area (Å²) in [6.07, 6.45) is 6.33. The molecule has 4 aliphatic carbocycles. The lowest BCUT2D eigenvalue weighted by molar-refractivity contribution is -0.140. The minimum absolute atomic E-state index is 0.0494. The number of aromatic nitrogens is 2. The number of para-hydroxylation sites is 1. The van der Waals surface area contributed by atoms with E-state index >= 15 is 0 Å². The number of rotatable bonds is 5. The van der Waals surface area contributed by atoms with Crippen molar-refractivity contribution in [2.75, 3.05) is 11.9 Å². The summed E-state index contributed by atoms with van der Waals surface area (Å²) in [7, 11) is 0. The Labute approximate surface area is 205 Å². The zero-order chi connectivity index (χ0) is 24.3. The summed E-state index contributed by atoms with van der Waals surface area (Å²) in [5.74, 6) is 0.400. The molecule has 1 amide bonds. The Balaban J connectivity index is 1.45. The van der Waals surface area contributed by atoms with Crippen LogP contribution in [0.25, 0.3) is 16.5 Å². The third kappa shape index (κ3) is 3.59. The van der Waals surface area contributed by atoms with E-state index in [4.69, 9.17) is 4.74 Å². The lowest BCUT2D eigenvalue weighted by atomic mass is 9.49. The molecule has 1 N–H and O–H groups in total. The quantitative estimate of drug-likeness (QED) is 0.508. The fourth-order valence-corrected chi connectivity index (χ4v) is 7.84. The van der Waals surface area contributed by atoms with Crippen LogP contribution in [0.2, 0.25) is 0 Å². The third-order valence-electron chi connectivity index (χ3n) is 7.95. The zero-order valence-electron chi connectivity index (χ0n) is 19.4. The molecule has 2 aromatic heterocycles. The van der Waals surface area contributed by atoms with Crippen molar-refractivity contribution in [3.8, 4) is 5.69 Å². The Kier molecular flexibility index (Phi) is 5.28. The predicted molar refractivity (Wildman–Crippen MR) is 130 cm³/mol. The normalized spacial score (nSPS) is 26.7. The van der Waals surface area contributed by atoms with E-state index in [0.717, 1.165) is 23.9 Å². The standard InChI is InChI=1S/C26H26FN3O4S/c1-2-34-24(32)21-17-13-35-22(20(17)23(31)30(29-21)19-6-4-3-5-18(19)27)28-25(33)26-10-14-7-15(11-26)9-16(8-14)12-26/h3-6,13-16H,2,7-12H2,1H3,(H,28,33). The summed E-state index contributed by atoms with van der Waals surface area (Å²) in [4.78, 5) is 40.0. The van der Waals surface area contributed by atoms with Crippen LogP contribution < -0.4 is 10.9 Å². The number of hydrogen-bond acceptors (Lipinski definition) is 6. The SMILES string of the molecule is CCOC(=O)c1nn(-c2ccccc2F)c(=O)c2c(NC(=O)C34CC5CC(CC(C5)C3)C4)scc12. The first-order chi connectivity index (χ1) is 16.9. The highest BCUT2D eigenvalue weighted by molar-refractivity contribution is 7.16. The van der Waals surface area contributed by atoms with Gasteiger partial charge in [-0.05, 0) is 75.3 Å². The molecule has 0 atom stereocenters. The summed E-state index contributed by atoms with van der Waals surface area (Å²) in [5, 5.41) is 9.67. The van der Waals surface area contributed by atoms with Crippen LogP contribution in [0.3, 0.4) is 0 Å². The fraction of sp³-hybridized carbons (Fsp3) is 0.462. The van der Waals surface area contributed by atoms with Gasteiger partial charge in [0, 0.05) is 10.8 Å². The van der Waals surface area contributed by atoms with Gasteiger partial charge in [-0.2, -0.15) is 9.78 Å². The van der Waals surface area contributed by atoms with E-state index in [9.17, 15) is 18.8 Å². The van der Waals surface area contributed by atoms with Gasteiger partial charge >= 0.3 is 5.97 Å².